The molecular weight excluding hydrogens is 261 g/mol. The smallest absolute Gasteiger partial charge is 0.341 e. The number of benzene rings is 1. The van der Waals surface area contributed by atoms with Crippen molar-refractivity contribution in [1.82, 2.24) is 4.57 Å². The number of carbonyl (C=O) groups is 1. The van der Waals surface area contributed by atoms with Crippen molar-refractivity contribution in [2.45, 2.75) is 19.9 Å². The van der Waals surface area contributed by atoms with Gasteiger partial charge in [-0.15, -0.1) is 0 Å². The number of rotatable bonds is 3. The molecule has 20 heavy (non-hydrogen) atoms. The van der Waals surface area contributed by atoms with Gasteiger partial charge in [0.15, 0.2) is 0 Å². The molecule has 0 aliphatic carbocycles. The molecule has 0 radical (unpaired) electrons. The molecular formula is C15H14FNO3. The number of halogens is 1. The van der Waals surface area contributed by atoms with Gasteiger partial charge in [-0.1, -0.05) is 0 Å². The first-order chi connectivity index (χ1) is 9.41. The van der Waals surface area contributed by atoms with E-state index < -0.39 is 11.5 Å². The molecule has 5 heteroatoms. The fourth-order valence-electron chi connectivity index (χ4n) is 2.08. The predicted octanol–water partition coefficient (Wildman–Crippen LogP) is 2.93. The Kier molecular flexibility index (Phi) is 3.70. The average Bonchev–Trinajstić information content (AvgIpc) is 2.38. The lowest BCUT2D eigenvalue weighted by Crippen LogP contribution is -2.28. The summed E-state index contributed by atoms with van der Waals surface area (Å²) in [4.78, 5) is 23.2. The first-order valence-electron chi connectivity index (χ1n) is 6.16. The van der Waals surface area contributed by atoms with Gasteiger partial charge < -0.3 is 9.67 Å². The largest absolute Gasteiger partial charge is 0.477 e. The third-order valence-electron chi connectivity index (χ3n) is 3.00. The van der Waals surface area contributed by atoms with Crippen LogP contribution in [0.2, 0.25) is 0 Å². The second kappa shape index (κ2) is 5.28. The van der Waals surface area contributed by atoms with Crippen LogP contribution in [0.15, 0.2) is 41.2 Å². The van der Waals surface area contributed by atoms with E-state index >= 15 is 0 Å². The maximum absolute atomic E-state index is 13.0. The first kappa shape index (κ1) is 14.0. The van der Waals surface area contributed by atoms with Crippen molar-refractivity contribution < 1.29 is 14.3 Å². The molecule has 0 fully saturated rings. The quantitative estimate of drug-likeness (QED) is 0.936. The fourth-order valence-corrected chi connectivity index (χ4v) is 2.08. The molecule has 0 amide bonds. The minimum absolute atomic E-state index is 0.207. The highest BCUT2D eigenvalue weighted by Gasteiger charge is 2.16. The Balaban J connectivity index is 2.71. The van der Waals surface area contributed by atoms with E-state index in [1.54, 1.807) is 32.0 Å². The van der Waals surface area contributed by atoms with E-state index in [-0.39, 0.29) is 17.4 Å². The van der Waals surface area contributed by atoms with E-state index in [2.05, 4.69) is 0 Å². The number of aromatic nitrogens is 1. The van der Waals surface area contributed by atoms with Crippen LogP contribution in [0.3, 0.4) is 0 Å². The van der Waals surface area contributed by atoms with Crippen LogP contribution in [-0.2, 0) is 0 Å². The highest BCUT2D eigenvalue weighted by atomic mass is 19.1. The van der Waals surface area contributed by atoms with Crippen LogP contribution < -0.4 is 5.56 Å². The summed E-state index contributed by atoms with van der Waals surface area (Å²) in [7, 11) is 0. The minimum Gasteiger partial charge on any atom is -0.477 e. The number of hydrogen-bond acceptors (Lipinski definition) is 2. The second-order valence-electron chi connectivity index (χ2n) is 4.71. The third-order valence-corrected chi connectivity index (χ3v) is 3.00. The monoisotopic (exact) mass is 275 g/mol. The molecule has 0 atom stereocenters. The molecule has 1 aromatic heterocycles. The molecule has 1 N–H and O–H groups in total. The Bertz CT molecular complexity index is 702. The van der Waals surface area contributed by atoms with Gasteiger partial charge in [0.2, 0.25) is 0 Å². The normalized spacial score (nSPS) is 10.8. The Hall–Kier alpha value is -2.43. The van der Waals surface area contributed by atoms with Crippen LogP contribution >= 0.6 is 0 Å². The zero-order valence-electron chi connectivity index (χ0n) is 11.1. The summed E-state index contributed by atoms with van der Waals surface area (Å²) >= 11 is 0. The van der Waals surface area contributed by atoms with Gasteiger partial charge >= 0.3 is 5.97 Å². The molecule has 0 unspecified atom stereocenters. The number of carboxylic acids is 1. The number of aromatic carboxylic acids is 1. The van der Waals surface area contributed by atoms with Gasteiger partial charge in [0.05, 0.1) is 5.69 Å². The highest BCUT2D eigenvalue weighted by Crippen LogP contribution is 2.21. The lowest BCUT2D eigenvalue weighted by molar-refractivity contribution is 0.0694. The van der Waals surface area contributed by atoms with Crippen molar-refractivity contribution >= 4 is 5.97 Å². The van der Waals surface area contributed by atoms with Gasteiger partial charge in [0.1, 0.15) is 11.4 Å². The van der Waals surface area contributed by atoms with Gasteiger partial charge in [0, 0.05) is 6.04 Å². The van der Waals surface area contributed by atoms with E-state index in [0.717, 1.165) is 0 Å². The summed E-state index contributed by atoms with van der Waals surface area (Å²) in [5.74, 6) is -1.62. The van der Waals surface area contributed by atoms with E-state index in [4.69, 9.17) is 5.11 Å². The van der Waals surface area contributed by atoms with E-state index in [0.29, 0.717) is 11.3 Å². The van der Waals surface area contributed by atoms with E-state index in [1.165, 1.54) is 22.8 Å². The minimum atomic E-state index is -1.25. The molecule has 0 aliphatic heterocycles. The zero-order chi connectivity index (χ0) is 14.9. The standard InChI is InChI=1S/C15H14FNO3/c1-9(2)17-13(10-3-5-11(16)6-4-10)8-7-12(14(17)18)15(19)20/h3-9H,1-2H3,(H,19,20). The number of nitrogens with zero attached hydrogens (tertiary/aromatic N) is 1. The molecule has 2 rings (SSSR count). The molecule has 0 spiro atoms. The topological polar surface area (TPSA) is 59.3 Å². The van der Waals surface area contributed by atoms with Crippen molar-refractivity contribution in [2.24, 2.45) is 0 Å². The number of hydrogen-bond donors (Lipinski definition) is 1. The molecule has 0 aliphatic rings. The van der Waals surface area contributed by atoms with Crippen LogP contribution in [0.4, 0.5) is 4.39 Å². The molecule has 4 nitrogen and oxygen atoms in total. The van der Waals surface area contributed by atoms with Gasteiger partial charge in [-0.05, 0) is 55.8 Å². The summed E-state index contributed by atoms with van der Waals surface area (Å²) < 4.78 is 14.4. The van der Waals surface area contributed by atoms with Crippen LogP contribution in [-0.4, -0.2) is 15.6 Å². The summed E-state index contributed by atoms with van der Waals surface area (Å²) in [5, 5.41) is 9.01. The Morgan fingerprint density at radius 2 is 1.75 bits per heavy atom. The van der Waals surface area contributed by atoms with Crippen LogP contribution in [0, 0.1) is 5.82 Å². The van der Waals surface area contributed by atoms with Gasteiger partial charge in [-0.25, -0.2) is 9.18 Å². The van der Waals surface area contributed by atoms with Crippen LogP contribution in [0.5, 0.6) is 0 Å². The summed E-state index contributed by atoms with van der Waals surface area (Å²) in [5.41, 5.74) is 0.392. The lowest BCUT2D eigenvalue weighted by atomic mass is 10.1. The predicted molar refractivity (Wildman–Crippen MR) is 73.4 cm³/mol. The van der Waals surface area contributed by atoms with Gasteiger partial charge in [0.25, 0.3) is 5.56 Å². The van der Waals surface area contributed by atoms with E-state index in [9.17, 15) is 14.0 Å². The Labute approximate surface area is 115 Å². The average molecular weight is 275 g/mol. The van der Waals surface area contributed by atoms with Crippen LogP contribution in [0.1, 0.15) is 30.2 Å². The Morgan fingerprint density at radius 3 is 2.25 bits per heavy atom. The molecule has 0 bridgehead atoms. The number of pyridine rings is 1. The molecule has 1 aromatic carbocycles. The molecule has 0 saturated heterocycles. The summed E-state index contributed by atoms with van der Waals surface area (Å²) in [6.45, 7) is 3.58. The first-order valence-corrected chi connectivity index (χ1v) is 6.16. The van der Waals surface area contributed by atoms with Gasteiger partial charge in [-0.3, -0.25) is 4.79 Å². The molecule has 0 saturated carbocycles. The van der Waals surface area contributed by atoms with Gasteiger partial charge in [-0.2, -0.15) is 0 Å². The third kappa shape index (κ3) is 2.47. The van der Waals surface area contributed by atoms with Crippen molar-refractivity contribution in [3.8, 4) is 11.3 Å². The summed E-state index contributed by atoms with van der Waals surface area (Å²) in [6, 6.07) is 8.36. The fraction of sp³-hybridized carbons (Fsp3) is 0.200. The lowest BCUT2D eigenvalue weighted by Gasteiger charge is -2.17. The second-order valence-corrected chi connectivity index (χ2v) is 4.71. The maximum atomic E-state index is 13.0. The summed E-state index contributed by atoms with van der Waals surface area (Å²) in [6.07, 6.45) is 0. The van der Waals surface area contributed by atoms with E-state index in [1.807, 2.05) is 0 Å². The zero-order valence-corrected chi connectivity index (χ0v) is 11.1. The molecule has 1 heterocycles. The van der Waals surface area contributed by atoms with Crippen LogP contribution in [0.25, 0.3) is 11.3 Å². The highest BCUT2D eigenvalue weighted by molar-refractivity contribution is 5.87. The SMILES string of the molecule is CC(C)n1c(-c2ccc(F)cc2)ccc(C(=O)O)c1=O. The van der Waals surface area contributed by atoms with Crippen molar-refractivity contribution in [3.05, 3.63) is 58.1 Å². The molecule has 104 valence electrons. The number of carboxylic acid groups (broad SMARTS) is 1. The Morgan fingerprint density at radius 1 is 1.15 bits per heavy atom. The van der Waals surface area contributed by atoms with Crippen molar-refractivity contribution in [2.75, 3.05) is 0 Å². The van der Waals surface area contributed by atoms with Crippen molar-refractivity contribution in [3.63, 3.8) is 0 Å². The molecule has 2 aromatic rings. The maximum Gasteiger partial charge on any atom is 0.341 e. The van der Waals surface area contributed by atoms with Crippen molar-refractivity contribution in [1.29, 1.82) is 0 Å².